The van der Waals surface area contributed by atoms with Gasteiger partial charge in [0.05, 0.1) is 10.8 Å². The molecule has 1 aliphatic heterocycles. The molecule has 0 amide bonds. The molecule has 0 spiro atoms. The van der Waals surface area contributed by atoms with Gasteiger partial charge < -0.3 is 5.32 Å². The molecule has 2 atom stereocenters. The number of nitrogens with one attached hydrogen (secondary N) is 1. The third-order valence-corrected chi connectivity index (χ3v) is 5.29. The normalized spacial score (nSPS) is 23.8. The van der Waals surface area contributed by atoms with Gasteiger partial charge in [0.25, 0.3) is 0 Å². The lowest BCUT2D eigenvalue weighted by molar-refractivity contribution is 0.505. The summed E-state index contributed by atoms with van der Waals surface area (Å²) >= 11 is 0. The Labute approximate surface area is 119 Å². The largest absolute Gasteiger partial charge is 0.310 e. The molecule has 3 heteroatoms. The Hall–Kier alpha value is -0.670. The van der Waals surface area contributed by atoms with Crippen LogP contribution in [0.25, 0.3) is 0 Å². The maximum atomic E-state index is 12.3. The predicted molar refractivity (Wildman–Crippen MR) is 82.1 cm³/mol. The van der Waals surface area contributed by atoms with Crippen LogP contribution in [0.3, 0.4) is 0 Å². The maximum Gasteiger partial charge on any atom is 0.0532 e. The average Bonchev–Trinajstić information content (AvgIpc) is 2.49. The molecular formula is C16H25NOS. The fourth-order valence-corrected chi connectivity index (χ4v) is 3.97. The van der Waals surface area contributed by atoms with E-state index in [9.17, 15) is 4.21 Å². The molecule has 1 N–H and O–H groups in total. The molecule has 0 bridgehead atoms. The van der Waals surface area contributed by atoms with Crippen molar-refractivity contribution in [2.45, 2.75) is 56.9 Å². The fourth-order valence-electron chi connectivity index (χ4n) is 2.64. The molecule has 0 saturated carbocycles. The topological polar surface area (TPSA) is 29.1 Å². The summed E-state index contributed by atoms with van der Waals surface area (Å²) in [5, 5.41) is 3.55. The van der Waals surface area contributed by atoms with E-state index in [0.717, 1.165) is 30.0 Å². The first-order valence-corrected chi connectivity index (χ1v) is 8.51. The van der Waals surface area contributed by atoms with Gasteiger partial charge in [-0.1, -0.05) is 39.8 Å². The van der Waals surface area contributed by atoms with Gasteiger partial charge >= 0.3 is 0 Å². The van der Waals surface area contributed by atoms with Gasteiger partial charge in [0.1, 0.15) is 0 Å². The van der Waals surface area contributed by atoms with Crippen LogP contribution in [0, 0.1) is 0 Å². The lowest BCUT2D eigenvalue weighted by Gasteiger charge is -2.24. The van der Waals surface area contributed by atoms with Crippen molar-refractivity contribution in [3.8, 4) is 0 Å². The number of hydrogen-bond acceptors (Lipinski definition) is 2. The molecule has 1 heterocycles. The van der Waals surface area contributed by atoms with E-state index in [1.165, 1.54) is 11.1 Å². The summed E-state index contributed by atoms with van der Waals surface area (Å²) in [7, 11) is -0.832. The number of rotatable bonds is 2. The summed E-state index contributed by atoms with van der Waals surface area (Å²) in [5.74, 6) is 0.795. The summed E-state index contributed by atoms with van der Waals surface area (Å²) in [6, 6.07) is 6.85. The molecular weight excluding hydrogens is 254 g/mol. The van der Waals surface area contributed by atoms with Crippen LogP contribution in [-0.4, -0.2) is 16.5 Å². The van der Waals surface area contributed by atoms with E-state index in [2.05, 4.69) is 51.2 Å². The van der Waals surface area contributed by atoms with Gasteiger partial charge in [-0.25, -0.2) is 0 Å². The van der Waals surface area contributed by atoms with Crippen LogP contribution in [-0.2, 0) is 16.2 Å². The van der Waals surface area contributed by atoms with Crippen LogP contribution in [0.15, 0.2) is 23.1 Å². The molecule has 1 aromatic rings. The van der Waals surface area contributed by atoms with Gasteiger partial charge in [0.15, 0.2) is 0 Å². The van der Waals surface area contributed by atoms with Crippen molar-refractivity contribution in [2.24, 2.45) is 0 Å². The smallest absolute Gasteiger partial charge is 0.0532 e. The Morgan fingerprint density at radius 3 is 2.74 bits per heavy atom. The fraction of sp³-hybridized carbons (Fsp3) is 0.625. The zero-order chi connectivity index (χ0) is 14.0. The van der Waals surface area contributed by atoms with E-state index in [1.807, 2.05) is 0 Å². The minimum atomic E-state index is -0.832. The standard InChI is InChI=1S/C16H25NOS/c1-5-17-14-7-6-10-19(18)15-9-8-12(11-13(14)15)16(2,3)4/h8-9,11,14,17H,5-7,10H2,1-4H3. The Kier molecular flexibility index (Phi) is 4.46. The van der Waals surface area contributed by atoms with Crippen LogP contribution < -0.4 is 5.32 Å². The van der Waals surface area contributed by atoms with Crippen LogP contribution in [0.4, 0.5) is 0 Å². The third kappa shape index (κ3) is 3.26. The number of benzene rings is 1. The Bertz CT molecular complexity index is 476. The lowest BCUT2D eigenvalue weighted by Crippen LogP contribution is -2.22. The van der Waals surface area contributed by atoms with Gasteiger partial charge in [-0.3, -0.25) is 4.21 Å². The molecule has 2 unspecified atom stereocenters. The van der Waals surface area contributed by atoms with Gasteiger partial charge in [-0.05, 0) is 42.0 Å². The minimum absolute atomic E-state index is 0.138. The molecule has 0 saturated heterocycles. The summed E-state index contributed by atoms with van der Waals surface area (Å²) < 4.78 is 12.3. The van der Waals surface area contributed by atoms with Gasteiger partial charge in [0.2, 0.25) is 0 Å². The second-order valence-electron chi connectivity index (χ2n) is 6.30. The van der Waals surface area contributed by atoms with Crippen molar-refractivity contribution in [3.63, 3.8) is 0 Å². The summed E-state index contributed by atoms with van der Waals surface area (Å²) in [4.78, 5) is 1.04. The molecule has 106 valence electrons. The maximum absolute atomic E-state index is 12.3. The van der Waals surface area contributed by atoms with Crippen LogP contribution in [0.5, 0.6) is 0 Å². The van der Waals surface area contributed by atoms with Crippen molar-refractivity contribution < 1.29 is 4.21 Å². The average molecular weight is 279 g/mol. The second-order valence-corrected chi connectivity index (χ2v) is 7.84. The third-order valence-electron chi connectivity index (χ3n) is 3.77. The van der Waals surface area contributed by atoms with Crippen molar-refractivity contribution in [3.05, 3.63) is 29.3 Å². The van der Waals surface area contributed by atoms with E-state index in [1.54, 1.807) is 0 Å². The van der Waals surface area contributed by atoms with Gasteiger partial charge in [0, 0.05) is 16.7 Å². The minimum Gasteiger partial charge on any atom is -0.310 e. The highest BCUT2D eigenvalue weighted by atomic mass is 32.2. The van der Waals surface area contributed by atoms with Gasteiger partial charge in [-0.2, -0.15) is 0 Å². The second kappa shape index (κ2) is 5.76. The SMILES string of the molecule is CCNC1CCCS(=O)c2ccc(C(C)(C)C)cc21. The van der Waals surface area contributed by atoms with Gasteiger partial charge in [-0.15, -0.1) is 0 Å². The predicted octanol–water partition coefficient (Wildman–Crippen LogP) is 3.54. The van der Waals surface area contributed by atoms with E-state index in [-0.39, 0.29) is 5.41 Å². The van der Waals surface area contributed by atoms with E-state index in [0.29, 0.717) is 6.04 Å². The molecule has 2 nitrogen and oxygen atoms in total. The van der Waals surface area contributed by atoms with Crippen LogP contribution in [0.1, 0.15) is 57.7 Å². The number of fused-ring (bicyclic) bond motifs is 1. The highest BCUT2D eigenvalue weighted by molar-refractivity contribution is 7.85. The molecule has 1 aromatic carbocycles. The first-order valence-electron chi connectivity index (χ1n) is 7.19. The Balaban J connectivity index is 2.49. The number of hydrogen-bond donors (Lipinski definition) is 1. The zero-order valence-corrected chi connectivity index (χ0v) is 13.3. The highest BCUT2D eigenvalue weighted by Gasteiger charge is 2.24. The first-order chi connectivity index (χ1) is 8.93. The molecule has 1 aliphatic rings. The zero-order valence-electron chi connectivity index (χ0n) is 12.5. The van der Waals surface area contributed by atoms with Crippen molar-refractivity contribution in [1.29, 1.82) is 0 Å². The van der Waals surface area contributed by atoms with Crippen molar-refractivity contribution in [1.82, 2.24) is 5.32 Å². The molecule has 0 radical (unpaired) electrons. The van der Waals surface area contributed by atoms with Crippen molar-refractivity contribution >= 4 is 10.8 Å². The van der Waals surface area contributed by atoms with E-state index in [4.69, 9.17) is 0 Å². The molecule has 2 rings (SSSR count). The van der Waals surface area contributed by atoms with E-state index < -0.39 is 10.8 Å². The molecule has 19 heavy (non-hydrogen) atoms. The molecule has 0 aromatic heterocycles. The summed E-state index contributed by atoms with van der Waals surface area (Å²) in [6.45, 7) is 9.77. The van der Waals surface area contributed by atoms with Crippen LogP contribution >= 0.6 is 0 Å². The monoisotopic (exact) mass is 279 g/mol. The summed E-state index contributed by atoms with van der Waals surface area (Å²) in [6.07, 6.45) is 2.12. The first kappa shape index (κ1) is 14.7. The molecule has 0 aliphatic carbocycles. The van der Waals surface area contributed by atoms with Crippen molar-refractivity contribution in [2.75, 3.05) is 12.3 Å². The summed E-state index contributed by atoms with van der Waals surface area (Å²) in [5.41, 5.74) is 2.72. The lowest BCUT2D eigenvalue weighted by atomic mass is 9.85. The quantitative estimate of drug-likeness (QED) is 0.897. The highest BCUT2D eigenvalue weighted by Crippen LogP contribution is 2.33. The Morgan fingerprint density at radius 2 is 2.11 bits per heavy atom. The Morgan fingerprint density at radius 1 is 1.37 bits per heavy atom. The van der Waals surface area contributed by atoms with Crippen LogP contribution in [0.2, 0.25) is 0 Å². The molecule has 0 fully saturated rings. The van der Waals surface area contributed by atoms with E-state index >= 15 is 0 Å².